The highest BCUT2D eigenvalue weighted by Gasteiger charge is 2.47. The molecular formula is C8H4N2O5. The zero-order chi connectivity index (χ0) is 10.9. The summed E-state index contributed by atoms with van der Waals surface area (Å²) in [4.78, 5) is 33.4. The molecule has 0 N–H and O–H groups in total. The highest BCUT2D eigenvalue weighted by atomic mass is 16.7. The summed E-state index contributed by atoms with van der Waals surface area (Å²) in [6, 6.07) is 0. The summed E-state index contributed by atoms with van der Waals surface area (Å²) in [6.07, 6.45) is 3.88. The SMILES string of the molecule is O=C1C=CC(=O)OC2(C=CN=NC2=O)O1. The second-order valence-corrected chi connectivity index (χ2v) is 2.68. The van der Waals surface area contributed by atoms with E-state index in [9.17, 15) is 14.4 Å². The second kappa shape index (κ2) is 3.12. The van der Waals surface area contributed by atoms with Crippen LogP contribution in [0.1, 0.15) is 0 Å². The van der Waals surface area contributed by atoms with Gasteiger partial charge in [-0.1, -0.05) is 0 Å². The van der Waals surface area contributed by atoms with Crippen molar-refractivity contribution in [2.45, 2.75) is 5.79 Å². The normalized spacial score (nSPS) is 22.5. The molecule has 2 heterocycles. The van der Waals surface area contributed by atoms with E-state index in [1.165, 1.54) is 0 Å². The Labute approximate surface area is 83.1 Å². The summed E-state index contributed by atoms with van der Waals surface area (Å²) in [5.41, 5.74) is 0. The predicted octanol–water partition coefficient (Wildman–Crippen LogP) is -0.155. The molecule has 76 valence electrons. The van der Waals surface area contributed by atoms with Crippen molar-refractivity contribution in [2.75, 3.05) is 0 Å². The molecule has 7 nitrogen and oxygen atoms in total. The third-order valence-electron chi connectivity index (χ3n) is 1.67. The average molecular weight is 208 g/mol. The number of amides is 1. The molecule has 0 saturated carbocycles. The lowest BCUT2D eigenvalue weighted by Crippen LogP contribution is -2.44. The molecule has 1 amide bonds. The lowest BCUT2D eigenvalue weighted by Gasteiger charge is -2.24. The Morgan fingerprint density at radius 2 is 1.67 bits per heavy atom. The number of ether oxygens (including phenoxy) is 2. The maximum Gasteiger partial charge on any atom is 0.363 e. The van der Waals surface area contributed by atoms with E-state index in [0.717, 1.165) is 24.4 Å². The van der Waals surface area contributed by atoms with Gasteiger partial charge in [-0.15, -0.1) is 5.11 Å². The minimum absolute atomic E-state index is 0.865. The number of esters is 2. The van der Waals surface area contributed by atoms with E-state index in [1.54, 1.807) is 0 Å². The van der Waals surface area contributed by atoms with Crippen molar-refractivity contribution in [2.24, 2.45) is 10.2 Å². The van der Waals surface area contributed by atoms with Crippen LogP contribution < -0.4 is 0 Å². The molecule has 0 unspecified atom stereocenters. The largest absolute Gasteiger partial charge is 0.406 e. The summed E-state index contributed by atoms with van der Waals surface area (Å²) in [7, 11) is 0. The highest BCUT2D eigenvalue weighted by molar-refractivity contribution is 5.99. The maximum absolute atomic E-state index is 11.3. The maximum atomic E-state index is 11.3. The van der Waals surface area contributed by atoms with E-state index in [1.807, 2.05) is 0 Å². The topological polar surface area (TPSA) is 94.4 Å². The molecule has 0 aromatic heterocycles. The van der Waals surface area contributed by atoms with Gasteiger partial charge in [0.25, 0.3) is 0 Å². The third kappa shape index (κ3) is 1.54. The Hall–Kier alpha value is -2.31. The highest BCUT2D eigenvalue weighted by Crippen LogP contribution is 2.23. The Morgan fingerprint density at radius 1 is 1.07 bits per heavy atom. The van der Waals surface area contributed by atoms with Crippen LogP contribution in [-0.4, -0.2) is 23.6 Å². The third-order valence-corrected chi connectivity index (χ3v) is 1.67. The fraction of sp³-hybridized carbons (Fsp3) is 0.125. The van der Waals surface area contributed by atoms with Gasteiger partial charge in [-0.3, -0.25) is 4.79 Å². The first kappa shape index (κ1) is 9.25. The van der Waals surface area contributed by atoms with Crippen LogP contribution in [-0.2, 0) is 23.9 Å². The van der Waals surface area contributed by atoms with Gasteiger partial charge in [-0.25, -0.2) is 9.59 Å². The Kier molecular flexibility index (Phi) is 1.93. The van der Waals surface area contributed by atoms with E-state index in [4.69, 9.17) is 0 Å². The minimum Gasteiger partial charge on any atom is -0.406 e. The fourth-order valence-corrected chi connectivity index (χ4v) is 1.04. The lowest BCUT2D eigenvalue weighted by atomic mass is 10.2. The molecule has 2 aliphatic rings. The second-order valence-electron chi connectivity index (χ2n) is 2.68. The van der Waals surface area contributed by atoms with Crippen LogP contribution in [0.5, 0.6) is 0 Å². The van der Waals surface area contributed by atoms with Gasteiger partial charge in [0.15, 0.2) is 0 Å². The van der Waals surface area contributed by atoms with E-state index in [0.29, 0.717) is 0 Å². The van der Waals surface area contributed by atoms with Crippen LogP contribution in [0, 0.1) is 0 Å². The van der Waals surface area contributed by atoms with Crippen molar-refractivity contribution in [1.82, 2.24) is 0 Å². The smallest absolute Gasteiger partial charge is 0.363 e. The van der Waals surface area contributed by atoms with Crippen molar-refractivity contribution in [1.29, 1.82) is 0 Å². The molecule has 0 fully saturated rings. The average Bonchev–Trinajstić information content (AvgIpc) is 2.32. The quantitative estimate of drug-likeness (QED) is 0.515. The van der Waals surface area contributed by atoms with Gasteiger partial charge in [0.1, 0.15) is 0 Å². The summed E-state index contributed by atoms with van der Waals surface area (Å²) in [5, 5.41) is 6.41. The number of carbonyl (C=O) groups excluding carboxylic acids is 3. The van der Waals surface area contributed by atoms with Crippen LogP contribution >= 0.6 is 0 Å². The molecule has 0 radical (unpaired) electrons. The zero-order valence-corrected chi connectivity index (χ0v) is 7.25. The molecule has 0 bridgehead atoms. The minimum atomic E-state index is -2.10. The van der Waals surface area contributed by atoms with Crippen molar-refractivity contribution in [3.8, 4) is 0 Å². The van der Waals surface area contributed by atoms with Crippen LogP contribution in [0.15, 0.2) is 34.7 Å². The van der Waals surface area contributed by atoms with Gasteiger partial charge < -0.3 is 9.47 Å². The van der Waals surface area contributed by atoms with Gasteiger partial charge >= 0.3 is 23.6 Å². The van der Waals surface area contributed by atoms with Gasteiger partial charge in [0.2, 0.25) is 0 Å². The Morgan fingerprint density at radius 3 is 2.20 bits per heavy atom. The van der Waals surface area contributed by atoms with Crippen molar-refractivity contribution in [3.05, 3.63) is 24.4 Å². The predicted molar refractivity (Wildman–Crippen MR) is 43.1 cm³/mol. The first-order chi connectivity index (χ1) is 7.12. The number of hydrogen-bond donors (Lipinski definition) is 0. The molecule has 15 heavy (non-hydrogen) atoms. The first-order valence-corrected chi connectivity index (χ1v) is 3.89. The van der Waals surface area contributed by atoms with Crippen molar-refractivity contribution in [3.63, 3.8) is 0 Å². The van der Waals surface area contributed by atoms with Crippen LogP contribution in [0.3, 0.4) is 0 Å². The van der Waals surface area contributed by atoms with E-state index >= 15 is 0 Å². The fourth-order valence-electron chi connectivity index (χ4n) is 1.04. The van der Waals surface area contributed by atoms with E-state index in [2.05, 4.69) is 19.7 Å². The number of carbonyl (C=O) groups is 3. The van der Waals surface area contributed by atoms with Gasteiger partial charge in [-0.05, 0) is 0 Å². The monoisotopic (exact) mass is 208 g/mol. The Bertz CT molecular complexity index is 414. The van der Waals surface area contributed by atoms with E-state index < -0.39 is 23.6 Å². The van der Waals surface area contributed by atoms with Gasteiger partial charge in [-0.2, -0.15) is 5.11 Å². The van der Waals surface area contributed by atoms with Crippen LogP contribution in [0.2, 0.25) is 0 Å². The number of rotatable bonds is 0. The molecule has 0 saturated heterocycles. The standard InChI is InChI=1S/C8H4N2O5/c11-5-1-2-6(12)15-8(14-5)3-4-9-10-7(8)13/h1-4H. The molecule has 0 atom stereocenters. The van der Waals surface area contributed by atoms with Gasteiger partial charge in [0.05, 0.1) is 6.20 Å². The molecule has 7 heteroatoms. The van der Waals surface area contributed by atoms with Crippen molar-refractivity contribution < 1.29 is 23.9 Å². The van der Waals surface area contributed by atoms with Crippen LogP contribution in [0.4, 0.5) is 0 Å². The van der Waals surface area contributed by atoms with Gasteiger partial charge in [0, 0.05) is 18.2 Å². The molecule has 0 aromatic carbocycles. The van der Waals surface area contributed by atoms with Crippen molar-refractivity contribution >= 4 is 17.8 Å². The van der Waals surface area contributed by atoms with E-state index in [-0.39, 0.29) is 0 Å². The molecule has 1 spiro atoms. The number of nitrogens with zero attached hydrogens (tertiary/aromatic N) is 2. The zero-order valence-electron chi connectivity index (χ0n) is 7.25. The number of azo groups is 1. The molecule has 0 aromatic rings. The Balaban J connectivity index is 2.40. The summed E-state index contributed by atoms with van der Waals surface area (Å²) in [6.45, 7) is 0. The molecule has 2 rings (SSSR count). The molecular weight excluding hydrogens is 204 g/mol. The summed E-state index contributed by atoms with van der Waals surface area (Å²) >= 11 is 0. The first-order valence-electron chi connectivity index (χ1n) is 3.89. The lowest BCUT2D eigenvalue weighted by molar-refractivity contribution is -0.204. The summed E-state index contributed by atoms with van der Waals surface area (Å²) < 4.78 is 9.33. The number of hydrogen-bond acceptors (Lipinski definition) is 6. The van der Waals surface area contributed by atoms with Crippen LogP contribution in [0.25, 0.3) is 0 Å². The summed E-state index contributed by atoms with van der Waals surface area (Å²) in [5.74, 6) is -4.79. The molecule has 2 aliphatic heterocycles. The molecule has 0 aliphatic carbocycles.